The highest BCUT2D eigenvalue weighted by atomic mass is 16.1. The maximum atomic E-state index is 12.0. The van der Waals surface area contributed by atoms with Crippen molar-refractivity contribution in [3.63, 3.8) is 0 Å². The predicted molar refractivity (Wildman–Crippen MR) is 78.1 cm³/mol. The van der Waals surface area contributed by atoms with Crippen molar-refractivity contribution in [3.05, 3.63) is 52.3 Å². The highest BCUT2D eigenvalue weighted by Crippen LogP contribution is 2.38. The molecule has 1 saturated carbocycles. The van der Waals surface area contributed by atoms with Gasteiger partial charge in [0.05, 0.1) is 16.6 Å². The number of benzene rings is 1. The molecule has 0 radical (unpaired) electrons. The minimum atomic E-state index is -0.0899. The van der Waals surface area contributed by atoms with E-state index >= 15 is 0 Å². The third kappa shape index (κ3) is 2.44. The van der Waals surface area contributed by atoms with E-state index in [1.165, 1.54) is 12.8 Å². The molecule has 21 heavy (non-hydrogen) atoms. The topological polar surface area (TPSA) is 76.5 Å². The summed E-state index contributed by atoms with van der Waals surface area (Å²) in [5.74, 6) is 1.29. The third-order valence-electron chi connectivity index (χ3n) is 3.79. The second-order valence-corrected chi connectivity index (χ2v) is 5.46. The number of aryl methyl sites for hydroxylation is 2. The molecule has 1 aliphatic carbocycles. The molecule has 6 heteroatoms. The van der Waals surface area contributed by atoms with Crippen LogP contribution < -0.4 is 5.56 Å². The van der Waals surface area contributed by atoms with Crippen molar-refractivity contribution in [2.24, 2.45) is 0 Å². The van der Waals surface area contributed by atoms with Crippen molar-refractivity contribution >= 4 is 10.9 Å². The first-order valence-electron chi connectivity index (χ1n) is 7.17. The summed E-state index contributed by atoms with van der Waals surface area (Å²) < 4.78 is 1.82. The summed E-state index contributed by atoms with van der Waals surface area (Å²) in [7, 11) is 0. The summed E-state index contributed by atoms with van der Waals surface area (Å²) >= 11 is 0. The normalized spacial score (nSPS) is 14.7. The Labute approximate surface area is 120 Å². The van der Waals surface area contributed by atoms with Crippen molar-refractivity contribution in [2.75, 3.05) is 0 Å². The first-order chi connectivity index (χ1) is 10.3. The van der Waals surface area contributed by atoms with Crippen LogP contribution in [0.25, 0.3) is 10.9 Å². The average Bonchev–Trinajstić information content (AvgIpc) is 3.24. The van der Waals surface area contributed by atoms with Crippen molar-refractivity contribution in [3.8, 4) is 0 Å². The van der Waals surface area contributed by atoms with Gasteiger partial charge in [0.25, 0.3) is 5.56 Å². The van der Waals surface area contributed by atoms with Crippen LogP contribution in [0, 0.1) is 0 Å². The zero-order valence-electron chi connectivity index (χ0n) is 11.5. The van der Waals surface area contributed by atoms with Crippen LogP contribution in [0.5, 0.6) is 0 Å². The molecule has 2 aromatic heterocycles. The molecule has 0 atom stereocenters. The van der Waals surface area contributed by atoms with Gasteiger partial charge in [-0.05, 0) is 25.0 Å². The van der Waals surface area contributed by atoms with Gasteiger partial charge in [0.1, 0.15) is 5.82 Å². The van der Waals surface area contributed by atoms with Crippen LogP contribution in [-0.4, -0.2) is 25.0 Å². The molecule has 0 unspecified atom stereocenters. The minimum Gasteiger partial charge on any atom is -0.310 e. The number of nitrogens with zero attached hydrogens (tertiary/aromatic N) is 4. The predicted octanol–water partition coefficient (Wildman–Crippen LogP) is 1.63. The number of hydrogen-bond donors (Lipinski definition) is 1. The largest absolute Gasteiger partial charge is 0.310 e. The van der Waals surface area contributed by atoms with E-state index < -0.39 is 0 Å². The Morgan fingerprint density at radius 2 is 2.14 bits per heavy atom. The lowest BCUT2D eigenvalue weighted by atomic mass is 10.2. The number of rotatable bonds is 4. The number of hydrogen-bond acceptors (Lipinski definition) is 4. The van der Waals surface area contributed by atoms with Crippen LogP contribution in [0.2, 0.25) is 0 Å². The molecule has 6 nitrogen and oxygen atoms in total. The highest BCUT2D eigenvalue weighted by molar-refractivity contribution is 5.77. The van der Waals surface area contributed by atoms with Gasteiger partial charge in [-0.1, -0.05) is 17.3 Å². The number of para-hydroxylation sites is 1. The Morgan fingerprint density at radius 3 is 3.00 bits per heavy atom. The average molecular weight is 281 g/mol. The van der Waals surface area contributed by atoms with Crippen LogP contribution in [0.4, 0.5) is 0 Å². The molecule has 3 aromatic rings. The summed E-state index contributed by atoms with van der Waals surface area (Å²) in [5, 5.41) is 8.93. The molecule has 1 aliphatic rings. The van der Waals surface area contributed by atoms with E-state index in [9.17, 15) is 4.79 Å². The third-order valence-corrected chi connectivity index (χ3v) is 3.79. The van der Waals surface area contributed by atoms with Gasteiger partial charge in [-0.3, -0.25) is 9.48 Å². The van der Waals surface area contributed by atoms with Crippen molar-refractivity contribution in [2.45, 2.75) is 31.7 Å². The molecule has 1 N–H and O–H groups in total. The zero-order chi connectivity index (χ0) is 14.2. The molecule has 0 amide bonds. The minimum absolute atomic E-state index is 0.0899. The van der Waals surface area contributed by atoms with E-state index in [4.69, 9.17) is 0 Å². The van der Waals surface area contributed by atoms with Gasteiger partial charge in [0, 0.05) is 25.1 Å². The van der Waals surface area contributed by atoms with Crippen molar-refractivity contribution in [1.82, 2.24) is 25.0 Å². The van der Waals surface area contributed by atoms with E-state index in [-0.39, 0.29) is 5.56 Å². The van der Waals surface area contributed by atoms with Crippen LogP contribution in [-0.2, 0) is 13.0 Å². The first-order valence-corrected chi connectivity index (χ1v) is 7.17. The molecule has 0 aliphatic heterocycles. The lowest BCUT2D eigenvalue weighted by molar-refractivity contribution is 0.577. The summed E-state index contributed by atoms with van der Waals surface area (Å²) in [6.07, 6.45) is 5.07. The number of fused-ring (bicyclic) bond motifs is 1. The fourth-order valence-electron chi connectivity index (χ4n) is 2.46. The monoisotopic (exact) mass is 281 g/mol. The number of aromatic amines is 1. The number of H-pyrrole nitrogens is 1. The van der Waals surface area contributed by atoms with Gasteiger partial charge in [0.2, 0.25) is 0 Å². The second-order valence-electron chi connectivity index (χ2n) is 5.46. The molecule has 1 aromatic carbocycles. The Bertz CT molecular complexity index is 846. The van der Waals surface area contributed by atoms with E-state index in [0.717, 1.165) is 11.2 Å². The molecule has 1 fully saturated rings. The maximum absolute atomic E-state index is 12.0. The lowest BCUT2D eigenvalue weighted by Crippen LogP contribution is -2.14. The number of nitrogens with one attached hydrogen (secondary N) is 1. The summed E-state index contributed by atoms with van der Waals surface area (Å²) in [6.45, 7) is 0.668. The zero-order valence-corrected chi connectivity index (χ0v) is 11.5. The molecular weight excluding hydrogens is 266 g/mol. The SMILES string of the molecule is O=c1[nH]c(CCn2cc(C3CC3)nn2)nc2ccccc12. The van der Waals surface area contributed by atoms with E-state index in [1.54, 1.807) is 6.07 Å². The fraction of sp³-hybridized carbons (Fsp3) is 0.333. The Kier molecular flexibility index (Phi) is 2.80. The molecule has 0 saturated heterocycles. The van der Waals surface area contributed by atoms with Gasteiger partial charge < -0.3 is 4.98 Å². The molecule has 4 rings (SSSR count). The van der Waals surface area contributed by atoms with Gasteiger partial charge in [-0.25, -0.2) is 4.98 Å². The Morgan fingerprint density at radius 1 is 1.29 bits per heavy atom. The van der Waals surface area contributed by atoms with Gasteiger partial charge in [-0.2, -0.15) is 0 Å². The fourth-order valence-corrected chi connectivity index (χ4v) is 2.46. The van der Waals surface area contributed by atoms with Gasteiger partial charge >= 0.3 is 0 Å². The summed E-state index contributed by atoms with van der Waals surface area (Å²) in [4.78, 5) is 19.3. The Balaban J connectivity index is 1.54. The molecule has 0 spiro atoms. The Hall–Kier alpha value is -2.50. The van der Waals surface area contributed by atoms with Gasteiger partial charge in [-0.15, -0.1) is 5.10 Å². The van der Waals surface area contributed by atoms with E-state index in [0.29, 0.717) is 30.1 Å². The quantitative estimate of drug-likeness (QED) is 0.788. The lowest BCUT2D eigenvalue weighted by Gasteiger charge is -2.02. The smallest absolute Gasteiger partial charge is 0.258 e. The van der Waals surface area contributed by atoms with Crippen molar-refractivity contribution in [1.29, 1.82) is 0 Å². The van der Waals surface area contributed by atoms with Crippen LogP contribution in [0.3, 0.4) is 0 Å². The number of aromatic nitrogens is 5. The summed E-state index contributed by atoms with van der Waals surface area (Å²) in [6, 6.07) is 7.37. The van der Waals surface area contributed by atoms with Gasteiger partial charge in [0.15, 0.2) is 0 Å². The van der Waals surface area contributed by atoms with E-state index in [1.807, 2.05) is 29.1 Å². The molecule has 2 heterocycles. The standard InChI is InChI=1S/C15H15N5O/c21-15-11-3-1-2-4-12(11)16-14(17-15)7-8-20-9-13(18-19-20)10-5-6-10/h1-4,9-10H,5-8H2,(H,16,17,21). The maximum Gasteiger partial charge on any atom is 0.258 e. The van der Waals surface area contributed by atoms with E-state index in [2.05, 4.69) is 20.3 Å². The second kappa shape index (κ2) is 4.80. The molecule has 106 valence electrons. The van der Waals surface area contributed by atoms with Crippen LogP contribution >= 0.6 is 0 Å². The first kappa shape index (κ1) is 12.3. The molecule has 0 bridgehead atoms. The van der Waals surface area contributed by atoms with Crippen molar-refractivity contribution < 1.29 is 0 Å². The van der Waals surface area contributed by atoms with Crippen LogP contribution in [0.1, 0.15) is 30.3 Å². The van der Waals surface area contributed by atoms with Crippen LogP contribution in [0.15, 0.2) is 35.3 Å². The summed E-state index contributed by atoms with van der Waals surface area (Å²) in [5.41, 5.74) is 1.72. The highest BCUT2D eigenvalue weighted by Gasteiger charge is 2.26. The molecular formula is C15H15N5O.